The van der Waals surface area contributed by atoms with Gasteiger partial charge in [0.1, 0.15) is 11.9 Å². The third-order valence-electron chi connectivity index (χ3n) is 4.23. The normalized spacial score (nSPS) is 22.3. The third kappa shape index (κ3) is 2.31. The lowest BCUT2D eigenvalue weighted by Crippen LogP contribution is -2.14. The minimum absolute atomic E-state index is 0.0600. The molecule has 2 atom stereocenters. The van der Waals surface area contributed by atoms with E-state index in [0.29, 0.717) is 29.7 Å². The third-order valence-corrected chi connectivity index (χ3v) is 4.23. The number of hydrogen-bond acceptors (Lipinski definition) is 3. The highest BCUT2D eigenvalue weighted by molar-refractivity contribution is 6.10. The molecule has 22 heavy (non-hydrogen) atoms. The van der Waals surface area contributed by atoms with Crippen LogP contribution in [0.25, 0.3) is 0 Å². The van der Waals surface area contributed by atoms with Crippen LogP contribution in [0.2, 0.25) is 0 Å². The van der Waals surface area contributed by atoms with Crippen LogP contribution in [0.4, 0.5) is 0 Å². The summed E-state index contributed by atoms with van der Waals surface area (Å²) in [5.41, 5.74) is 2.07. The van der Waals surface area contributed by atoms with Crippen molar-refractivity contribution in [3.63, 3.8) is 0 Å². The molecule has 2 aliphatic rings. The molecule has 0 heterocycles. The summed E-state index contributed by atoms with van der Waals surface area (Å²) in [5, 5.41) is 9.20. The molecule has 2 aliphatic carbocycles. The Morgan fingerprint density at radius 3 is 2.55 bits per heavy atom. The van der Waals surface area contributed by atoms with Crippen LogP contribution in [0, 0.1) is 24.4 Å². The number of allylic oxidation sites excluding steroid dienone is 3. The number of carboxylic acids is 1. The van der Waals surface area contributed by atoms with Gasteiger partial charge in [-0.2, -0.15) is 0 Å². The van der Waals surface area contributed by atoms with Crippen molar-refractivity contribution in [1.29, 1.82) is 0 Å². The number of Topliss-reactive ketones (excluding diaryl/α,β-unsaturated/α-hetero) is 1. The first kappa shape index (κ1) is 14.2. The van der Waals surface area contributed by atoms with Gasteiger partial charge in [-0.15, -0.1) is 0 Å². The Hall–Kier alpha value is -2.80. The zero-order chi connectivity index (χ0) is 15.7. The van der Waals surface area contributed by atoms with E-state index in [0.717, 1.165) is 5.57 Å². The fraction of sp³-hybridized carbons (Fsp3) is 0.222. The van der Waals surface area contributed by atoms with Crippen molar-refractivity contribution < 1.29 is 19.4 Å². The van der Waals surface area contributed by atoms with E-state index in [2.05, 4.69) is 6.11 Å². The molecule has 1 fully saturated rings. The Balaban J connectivity index is 1.78. The van der Waals surface area contributed by atoms with E-state index in [-0.39, 0.29) is 11.7 Å². The van der Waals surface area contributed by atoms with Gasteiger partial charge in [0, 0.05) is 17.1 Å². The number of carboxylic acid groups (broad SMARTS) is 1. The SMILES string of the molecule is C#COc1ccc(C(=O)C2=CC=C3C(C(=O)O)CCC23)cc1. The molecule has 1 N–H and O–H groups in total. The molecule has 1 aromatic carbocycles. The second kappa shape index (κ2) is 5.53. The van der Waals surface area contributed by atoms with Crippen molar-refractivity contribution in [2.75, 3.05) is 0 Å². The summed E-state index contributed by atoms with van der Waals surface area (Å²) in [6.07, 6.45) is 12.0. The molecule has 4 heteroatoms. The lowest BCUT2D eigenvalue weighted by atomic mass is 9.90. The first-order chi connectivity index (χ1) is 10.6. The fourth-order valence-electron chi connectivity index (χ4n) is 3.19. The highest BCUT2D eigenvalue weighted by Gasteiger charge is 2.40. The van der Waals surface area contributed by atoms with E-state index in [1.807, 2.05) is 0 Å². The van der Waals surface area contributed by atoms with Crippen LogP contribution in [0.3, 0.4) is 0 Å². The first-order valence-electron chi connectivity index (χ1n) is 7.03. The molecular weight excluding hydrogens is 280 g/mol. The predicted octanol–water partition coefficient (Wildman–Crippen LogP) is 2.82. The van der Waals surface area contributed by atoms with Crippen LogP contribution in [0.15, 0.2) is 47.6 Å². The van der Waals surface area contributed by atoms with Crippen LogP contribution >= 0.6 is 0 Å². The van der Waals surface area contributed by atoms with Gasteiger partial charge in [-0.3, -0.25) is 9.59 Å². The number of terminal acetylenes is 1. The van der Waals surface area contributed by atoms with Gasteiger partial charge >= 0.3 is 5.97 Å². The van der Waals surface area contributed by atoms with E-state index in [1.165, 1.54) is 0 Å². The Labute approximate surface area is 128 Å². The maximum atomic E-state index is 12.6. The molecule has 3 rings (SSSR count). The fourth-order valence-corrected chi connectivity index (χ4v) is 3.19. The number of benzene rings is 1. The van der Waals surface area contributed by atoms with Gasteiger partial charge in [0.25, 0.3) is 0 Å². The summed E-state index contributed by atoms with van der Waals surface area (Å²) in [5.74, 6) is -0.903. The van der Waals surface area contributed by atoms with Crippen molar-refractivity contribution >= 4 is 11.8 Å². The van der Waals surface area contributed by atoms with Crippen molar-refractivity contribution in [2.45, 2.75) is 12.8 Å². The highest BCUT2D eigenvalue weighted by atomic mass is 16.5. The van der Waals surface area contributed by atoms with E-state index < -0.39 is 11.9 Å². The lowest BCUT2D eigenvalue weighted by molar-refractivity contribution is -0.140. The summed E-state index contributed by atoms with van der Waals surface area (Å²) in [4.78, 5) is 23.8. The maximum Gasteiger partial charge on any atom is 0.310 e. The minimum atomic E-state index is -0.813. The molecule has 2 unspecified atom stereocenters. The van der Waals surface area contributed by atoms with Gasteiger partial charge in [-0.25, -0.2) is 0 Å². The molecule has 1 saturated carbocycles. The van der Waals surface area contributed by atoms with Crippen molar-refractivity contribution in [2.24, 2.45) is 11.8 Å². The van der Waals surface area contributed by atoms with Crippen LogP contribution in [0.5, 0.6) is 5.75 Å². The number of carbonyl (C=O) groups excluding carboxylic acids is 1. The molecule has 0 spiro atoms. The average Bonchev–Trinajstić information content (AvgIpc) is 3.08. The number of aliphatic carboxylic acids is 1. The standard InChI is InChI=1S/C18H14O4/c1-2-22-12-5-3-11(4-6-12)17(19)15-9-7-14-13(15)8-10-16(14)18(20)21/h1,3-7,9,13,16H,8,10H2,(H,20,21). The maximum absolute atomic E-state index is 12.6. The molecule has 110 valence electrons. The van der Waals surface area contributed by atoms with E-state index in [4.69, 9.17) is 11.2 Å². The number of hydrogen-bond donors (Lipinski definition) is 1. The van der Waals surface area contributed by atoms with Gasteiger partial charge in [-0.1, -0.05) is 18.6 Å². The number of rotatable bonds is 4. The lowest BCUT2D eigenvalue weighted by Gasteiger charge is -2.12. The summed E-state index contributed by atoms with van der Waals surface area (Å²) in [7, 11) is 0. The summed E-state index contributed by atoms with van der Waals surface area (Å²) in [6, 6.07) is 6.62. The highest BCUT2D eigenvalue weighted by Crippen LogP contribution is 2.45. The second-order valence-corrected chi connectivity index (χ2v) is 5.38. The van der Waals surface area contributed by atoms with Gasteiger partial charge in [0.2, 0.25) is 0 Å². The van der Waals surface area contributed by atoms with E-state index >= 15 is 0 Å². The van der Waals surface area contributed by atoms with E-state index in [9.17, 15) is 14.7 Å². The average molecular weight is 294 g/mol. The Morgan fingerprint density at radius 2 is 1.91 bits per heavy atom. The summed E-state index contributed by atoms with van der Waals surface area (Å²) < 4.78 is 4.90. The van der Waals surface area contributed by atoms with Crippen molar-refractivity contribution in [3.8, 4) is 18.3 Å². The largest absolute Gasteiger partial charge is 0.481 e. The molecule has 0 bridgehead atoms. The van der Waals surface area contributed by atoms with Gasteiger partial charge in [-0.05, 0) is 42.7 Å². The van der Waals surface area contributed by atoms with Crippen molar-refractivity contribution in [1.82, 2.24) is 0 Å². The van der Waals surface area contributed by atoms with Crippen LogP contribution in [-0.2, 0) is 4.79 Å². The number of ether oxygens (including phenoxy) is 1. The number of carbonyl (C=O) groups is 2. The Bertz CT molecular complexity index is 731. The van der Waals surface area contributed by atoms with Crippen LogP contribution < -0.4 is 4.74 Å². The van der Waals surface area contributed by atoms with Crippen LogP contribution in [0.1, 0.15) is 23.2 Å². The zero-order valence-corrected chi connectivity index (χ0v) is 11.8. The molecule has 0 saturated heterocycles. The Kier molecular flexibility index (Phi) is 3.56. The molecule has 1 aromatic rings. The molecule has 0 amide bonds. The quantitative estimate of drug-likeness (QED) is 0.685. The number of ketones is 1. The molecule has 4 nitrogen and oxygen atoms in total. The summed E-state index contributed by atoms with van der Waals surface area (Å²) in [6.45, 7) is 0. The van der Waals surface area contributed by atoms with Crippen molar-refractivity contribution in [3.05, 3.63) is 53.1 Å². The minimum Gasteiger partial charge on any atom is -0.481 e. The van der Waals surface area contributed by atoms with E-state index in [1.54, 1.807) is 36.4 Å². The number of fused-ring (bicyclic) bond motifs is 1. The topological polar surface area (TPSA) is 63.6 Å². The molecule has 0 aliphatic heterocycles. The van der Waals surface area contributed by atoms with Gasteiger partial charge in [0.05, 0.1) is 5.92 Å². The first-order valence-corrected chi connectivity index (χ1v) is 7.03. The molecule has 0 radical (unpaired) electrons. The second-order valence-electron chi connectivity index (χ2n) is 5.38. The summed E-state index contributed by atoms with van der Waals surface area (Å²) >= 11 is 0. The smallest absolute Gasteiger partial charge is 0.310 e. The Morgan fingerprint density at radius 1 is 1.18 bits per heavy atom. The molecule has 0 aromatic heterocycles. The van der Waals surface area contributed by atoms with Gasteiger partial charge < -0.3 is 9.84 Å². The predicted molar refractivity (Wildman–Crippen MR) is 80.2 cm³/mol. The molecular formula is C18H14O4. The monoisotopic (exact) mass is 294 g/mol. The van der Waals surface area contributed by atoms with Crippen LogP contribution in [-0.4, -0.2) is 16.9 Å². The van der Waals surface area contributed by atoms with Gasteiger partial charge in [0.15, 0.2) is 5.78 Å². The zero-order valence-electron chi connectivity index (χ0n) is 11.8.